The van der Waals surface area contributed by atoms with Gasteiger partial charge in [0.05, 0.1) is 17.0 Å². The predicted molar refractivity (Wildman–Crippen MR) is 80.0 cm³/mol. The van der Waals surface area contributed by atoms with E-state index in [2.05, 4.69) is 10.6 Å². The molecule has 0 aliphatic carbocycles. The van der Waals surface area contributed by atoms with Gasteiger partial charge >= 0.3 is 6.18 Å². The Labute approximate surface area is 135 Å². The molecule has 0 atom stereocenters. The van der Waals surface area contributed by atoms with Crippen LogP contribution in [0, 0.1) is 0 Å². The van der Waals surface area contributed by atoms with Crippen molar-refractivity contribution < 1.29 is 26.7 Å². The van der Waals surface area contributed by atoms with E-state index in [0.29, 0.717) is 24.7 Å². The summed E-state index contributed by atoms with van der Waals surface area (Å²) >= 11 is 0.700. The van der Waals surface area contributed by atoms with Gasteiger partial charge in [-0.2, -0.15) is 13.2 Å². The molecule has 0 aliphatic heterocycles. The molecule has 23 heavy (non-hydrogen) atoms. The molecule has 1 amide bonds. The highest BCUT2D eigenvalue weighted by molar-refractivity contribution is 7.99. The quantitative estimate of drug-likeness (QED) is 0.420. The first-order valence-corrected chi connectivity index (χ1v) is 7.79. The van der Waals surface area contributed by atoms with E-state index in [-0.39, 0.29) is 17.0 Å². The number of nitrogens with one attached hydrogen (secondary N) is 2. The number of thioether (sulfide) groups is 1. The fraction of sp³-hybridized carbons (Fsp3) is 0.500. The highest BCUT2D eigenvalue weighted by Crippen LogP contribution is 2.36. The number of benzene rings is 1. The molecule has 0 radical (unpaired) electrons. The molecule has 1 rings (SSSR count). The average molecular weight is 356 g/mol. The summed E-state index contributed by atoms with van der Waals surface area (Å²) in [5, 5.41) is 5.22. The molecule has 1 aromatic carbocycles. The minimum Gasteiger partial charge on any atom is -0.325 e. The summed E-state index contributed by atoms with van der Waals surface area (Å²) in [6, 6.07) is 2.67. The Bertz CT molecular complexity index is 522. The van der Waals surface area contributed by atoms with E-state index < -0.39 is 29.8 Å². The van der Waals surface area contributed by atoms with Crippen LogP contribution in [0.3, 0.4) is 0 Å². The maximum absolute atomic E-state index is 12.8. The smallest absolute Gasteiger partial charge is 0.325 e. The fourth-order valence-electron chi connectivity index (χ4n) is 1.72. The summed E-state index contributed by atoms with van der Waals surface area (Å²) in [5.41, 5.74) is -1.04. The molecule has 0 saturated heterocycles. The molecule has 0 aliphatic rings. The Morgan fingerprint density at radius 3 is 2.57 bits per heavy atom. The van der Waals surface area contributed by atoms with Crippen LogP contribution in [0.1, 0.15) is 18.4 Å². The molecular weight excluding hydrogens is 339 g/mol. The van der Waals surface area contributed by atoms with Crippen molar-refractivity contribution >= 4 is 23.4 Å². The molecule has 0 unspecified atom stereocenters. The van der Waals surface area contributed by atoms with Crippen molar-refractivity contribution in [1.29, 1.82) is 0 Å². The summed E-state index contributed by atoms with van der Waals surface area (Å²) in [6.07, 6.45) is -6.53. The van der Waals surface area contributed by atoms with Gasteiger partial charge in [0.15, 0.2) is 0 Å². The third-order valence-corrected chi connectivity index (χ3v) is 3.86. The Hall–Kier alpha value is -1.35. The zero-order valence-corrected chi connectivity index (χ0v) is 13.2. The summed E-state index contributed by atoms with van der Waals surface area (Å²) in [6.45, 7) is 0.586. The summed E-state index contributed by atoms with van der Waals surface area (Å²) < 4.78 is 62.8. The van der Waals surface area contributed by atoms with Gasteiger partial charge in [-0.15, -0.1) is 11.8 Å². The molecule has 0 bridgehead atoms. The molecular formula is C14H17F5N2OS. The van der Waals surface area contributed by atoms with Gasteiger partial charge in [-0.1, -0.05) is 0 Å². The van der Waals surface area contributed by atoms with Crippen molar-refractivity contribution in [3.63, 3.8) is 0 Å². The zero-order chi connectivity index (χ0) is 17.5. The molecule has 0 aromatic heterocycles. The molecule has 0 fully saturated rings. The largest absolute Gasteiger partial charge is 0.416 e. The van der Waals surface area contributed by atoms with Gasteiger partial charge in [0.1, 0.15) is 0 Å². The maximum atomic E-state index is 12.8. The first-order chi connectivity index (χ1) is 10.7. The van der Waals surface area contributed by atoms with Gasteiger partial charge in [0, 0.05) is 11.3 Å². The van der Waals surface area contributed by atoms with E-state index >= 15 is 0 Å². The lowest BCUT2D eigenvalue weighted by molar-refractivity contribution is -0.137. The Balaban J connectivity index is 2.91. The van der Waals surface area contributed by atoms with Crippen LogP contribution in [0.4, 0.5) is 27.6 Å². The van der Waals surface area contributed by atoms with E-state index in [1.54, 1.807) is 7.05 Å². The van der Waals surface area contributed by atoms with Crippen LogP contribution in [0.5, 0.6) is 0 Å². The number of carbonyl (C=O) groups excluding carboxylic acids is 1. The molecule has 1 aromatic rings. The number of rotatable bonds is 8. The molecule has 2 N–H and O–H groups in total. The molecule has 130 valence electrons. The van der Waals surface area contributed by atoms with Gasteiger partial charge in [0.2, 0.25) is 12.3 Å². The Kier molecular flexibility index (Phi) is 7.77. The fourth-order valence-corrected chi connectivity index (χ4v) is 2.46. The second-order valence-corrected chi connectivity index (χ2v) is 5.73. The highest BCUT2D eigenvalue weighted by Gasteiger charge is 2.31. The molecule has 0 heterocycles. The van der Waals surface area contributed by atoms with E-state index in [1.807, 2.05) is 0 Å². The van der Waals surface area contributed by atoms with Crippen LogP contribution in [0.2, 0.25) is 0 Å². The third kappa shape index (κ3) is 7.17. The lowest BCUT2D eigenvalue weighted by Gasteiger charge is -2.14. The number of carbonyl (C=O) groups is 1. The molecule has 3 nitrogen and oxygen atoms in total. The number of hydrogen-bond acceptors (Lipinski definition) is 3. The second kappa shape index (κ2) is 9.07. The van der Waals surface area contributed by atoms with Gasteiger partial charge < -0.3 is 10.6 Å². The van der Waals surface area contributed by atoms with Crippen molar-refractivity contribution in [2.24, 2.45) is 0 Å². The van der Waals surface area contributed by atoms with Crippen molar-refractivity contribution in [3.05, 3.63) is 23.8 Å². The topological polar surface area (TPSA) is 41.1 Å². The van der Waals surface area contributed by atoms with E-state index in [1.165, 1.54) is 0 Å². The number of anilines is 1. The number of hydrogen-bond donors (Lipinski definition) is 2. The summed E-state index contributed by atoms with van der Waals surface area (Å²) in [5.74, 6) is -1.02. The molecule has 0 spiro atoms. The van der Waals surface area contributed by atoms with Crippen LogP contribution in [0.15, 0.2) is 23.1 Å². The van der Waals surface area contributed by atoms with E-state index in [4.69, 9.17) is 0 Å². The van der Waals surface area contributed by atoms with Gasteiger partial charge in [-0.3, -0.25) is 4.79 Å². The average Bonchev–Trinajstić information content (AvgIpc) is 2.45. The van der Waals surface area contributed by atoms with Gasteiger partial charge in [0.25, 0.3) is 0 Å². The van der Waals surface area contributed by atoms with Crippen LogP contribution in [-0.2, 0) is 11.0 Å². The van der Waals surface area contributed by atoms with Crippen LogP contribution in [0.25, 0.3) is 0 Å². The monoisotopic (exact) mass is 356 g/mol. The standard InChI is InChI=1S/C14H17F5N2OS/c1-20-6-2-3-13(22)21-10-7-9(14(17,18)19)4-5-11(10)23-8-12(15)16/h4-5,7,12,20H,2-3,6,8H2,1H3,(H,21,22). The van der Waals surface area contributed by atoms with E-state index in [0.717, 1.165) is 18.2 Å². The number of halogens is 5. The van der Waals surface area contributed by atoms with Crippen molar-refractivity contribution in [1.82, 2.24) is 5.32 Å². The first-order valence-electron chi connectivity index (χ1n) is 6.80. The molecule has 9 heteroatoms. The van der Waals surface area contributed by atoms with Crippen molar-refractivity contribution in [3.8, 4) is 0 Å². The minimum atomic E-state index is -4.57. The zero-order valence-electron chi connectivity index (χ0n) is 12.3. The minimum absolute atomic E-state index is 0.0973. The Morgan fingerprint density at radius 2 is 2.00 bits per heavy atom. The van der Waals surface area contributed by atoms with E-state index in [9.17, 15) is 26.7 Å². The third-order valence-electron chi connectivity index (χ3n) is 2.78. The van der Waals surface area contributed by atoms with Crippen LogP contribution < -0.4 is 10.6 Å². The van der Waals surface area contributed by atoms with Crippen molar-refractivity contribution in [2.75, 3.05) is 24.7 Å². The normalized spacial score (nSPS) is 11.8. The van der Waals surface area contributed by atoms with Crippen LogP contribution >= 0.6 is 11.8 Å². The predicted octanol–water partition coefficient (Wildman–Crippen LogP) is 4.00. The summed E-state index contributed by atoms with van der Waals surface area (Å²) in [4.78, 5) is 11.9. The van der Waals surface area contributed by atoms with Crippen LogP contribution in [-0.4, -0.2) is 31.7 Å². The summed E-state index contributed by atoms with van der Waals surface area (Å²) in [7, 11) is 1.71. The Morgan fingerprint density at radius 1 is 1.30 bits per heavy atom. The number of alkyl halides is 5. The SMILES string of the molecule is CNCCCC(=O)Nc1cc(C(F)(F)F)ccc1SCC(F)F. The number of amides is 1. The van der Waals surface area contributed by atoms with Gasteiger partial charge in [-0.25, -0.2) is 8.78 Å². The highest BCUT2D eigenvalue weighted by atomic mass is 32.2. The lowest BCUT2D eigenvalue weighted by atomic mass is 10.2. The molecule has 0 saturated carbocycles. The van der Waals surface area contributed by atoms with Crippen molar-refractivity contribution in [2.45, 2.75) is 30.3 Å². The first kappa shape index (κ1) is 19.7. The maximum Gasteiger partial charge on any atom is 0.416 e. The van der Waals surface area contributed by atoms with Gasteiger partial charge in [-0.05, 0) is 38.2 Å². The second-order valence-electron chi connectivity index (χ2n) is 4.67. The lowest BCUT2D eigenvalue weighted by Crippen LogP contribution is -2.16.